The predicted molar refractivity (Wildman–Crippen MR) is 78.8 cm³/mol. The number of carbonyl (C=O) groups is 1. The van der Waals surface area contributed by atoms with Crippen LogP contribution in [-0.4, -0.2) is 10.9 Å². The van der Waals surface area contributed by atoms with E-state index in [-0.39, 0.29) is 5.91 Å². The Morgan fingerprint density at radius 1 is 1.28 bits per heavy atom. The third-order valence-corrected chi connectivity index (χ3v) is 3.70. The van der Waals surface area contributed by atoms with Gasteiger partial charge in [0, 0.05) is 20.7 Å². The van der Waals surface area contributed by atoms with Crippen molar-refractivity contribution in [1.29, 1.82) is 0 Å². The van der Waals surface area contributed by atoms with E-state index in [1.165, 1.54) is 0 Å². The first kappa shape index (κ1) is 13.2. The summed E-state index contributed by atoms with van der Waals surface area (Å²) < 4.78 is 1.79. The number of nitrogens with one attached hydrogen (secondary N) is 1. The quantitative estimate of drug-likeness (QED) is 0.863. The molecule has 1 N–H and O–H groups in total. The molecule has 0 saturated heterocycles. The van der Waals surface area contributed by atoms with Crippen LogP contribution in [0.5, 0.6) is 0 Å². The minimum absolute atomic E-state index is 0.175. The van der Waals surface area contributed by atoms with Gasteiger partial charge >= 0.3 is 0 Å². The fourth-order valence-electron chi connectivity index (χ4n) is 1.43. The Morgan fingerprint density at radius 3 is 2.72 bits per heavy atom. The molecule has 0 aliphatic heterocycles. The molecule has 3 nitrogen and oxygen atoms in total. The van der Waals surface area contributed by atoms with Crippen molar-refractivity contribution in [2.24, 2.45) is 0 Å². The monoisotopic (exact) mass is 368 g/mol. The molecule has 1 amide bonds. The summed E-state index contributed by atoms with van der Waals surface area (Å²) >= 11 is 6.70. The van der Waals surface area contributed by atoms with Crippen LogP contribution < -0.4 is 5.32 Å². The van der Waals surface area contributed by atoms with Crippen LogP contribution in [0.1, 0.15) is 15.9 Å². The zero-order chi connectivity index (χ0) is 13.1. The van der Waals surface area contributed by atoms with E-state index in [1.54, 1.807) is 18.3 Å². The van der Waals surface area contributed by atoms with E-state index in [1.807, 2.05) is 25.1 Å². The van der Waals surface area contributed by atoms with Crippen LogP contribution in [0.15, 0.2) is 45.5 Å². The highest BCUT2D eigenvalue weighted by atomic mass is 79.9. The molecule has 1 aromatic carbocycles. The highest BCUT2D eigenvalue weighted by molar-refractivity contribution is 9.10. The highest BCUT2D eigenvalue weighted by Crippen LogP contribution is 2.18. The molecule has 0 saturated carbocycles. The average Bonchev–Trinajstić information content (AvgIpc) is 2.34. The van der Waals surface area contributed by atoms with Gasteiger partial charge in [-0.2, -0.15) is 0 Å². The summed E-state index contributed by atoms with van der Waals surface area (Å²) in [5, 5.41) is 2.76. The van der Waals surface area contributed by atoms with Gasteiger partial charge in [0.15, 0.2) is 0 Å². The number of amides is 1. The second-order valence-electron chi connectivity index (χ2n) is 3.78. The number of pyridine rings is 1. The molecule has 0 fully saturated rings. The Bertz CT molecular complexity index is 599. The van der Waals surface area contributed by atoms with Gasteiger partial charge in [0.25, 0.3) is 5.91 Å². The van der Waals surface area contributed by atoms with E-state index in [2.05, 4.69) is 42.2 Å². The van der Waals surface area contributed by atoms with E-state index in [0.29, 0.717) is 11.4 Å². The SMILES string of the molecule is Cc1cc(NC(=O)c2cccc(Br)c2)ncc1Br. The molecule has 0 unspecified atom stereocenters. The molecular formula is C13H10Br2N2O. The zero-order valence-electron chi connectivity index (χ0n) is 9.58. The molecule has 1 heterocycles. The van der Waals surface area contributed by atoms with Crippen LogP contribution in [0, 0.1) is 6.92 Å². The lowest BCUT2D eigenvalue weighted by Crippen LogP contribution is -2.12. The number of hydrogen-bond acceptors (Lipinski definition) is 2. The summed E-state index contributed by atoms with van der Waals surface area (Å²) in [6.45, 7) is 1.94. The molecular weight excluding hydrogens is 360 g/mol. The molecule has 18 heavy (non-hydrogen) atoms. The van der Waals surface area contributed by atoms with Crippen molar-refractivity contribution in [1.82, 2.24) is 4.98 Å². The molecule has 2 aromatic rings. The normalized spacial score (nSPS) is 10.2. The van der Waals surface area contributed by atoms with E-state index < -0.39 is 0 Å². The largest absolute Gasteiger partial charge is 0.307 e. The van der Waals surface area contributed by atoms with Crippen molar-refractivity contribution < 1.29 is 4.79 Å². The second-order valence-corrected chi connectivity index (χ2v) is 5.55. The number of halogens is 2. The molecule has 92 valence electrons. The van der Waals surface area contributed by atoms with Crippen LogP contribution in [0.4, 0.5) is 5.82 Å². The van der Waals surface area contributed by atoms with Gasteiger partial charge in [0.05, 0.1) is 0 Å². The number of aromatic nitrogens is 1. The van der Waals surface area contributed by atoms with E-state index >= 15 is 0 Å². The van der Waals surface area contributed by atoms with Gasteiger partial charge in [-0.05, 0) is 52.7 Å². The maximum absolute atomic E-state index is 12.0. The summed E-state index contributed by atoms with van der Waals surface area (Å²) in [6, 6.07) is 9.03. The van der Waals surface area contributed by atoms with Crippen LogP contribution in [-0.2, 0) is 0 Å². The van der Waals surface area contributed by atoms with Crippen LogP contribution in [0.2, 0.25) is 0 Å². The Labute approximate surface area is 122 Å². The maximum Gasteiger partial charge on any atom is 0.256 e. The van der Waals surface area contributed by atoms with Crippen LogP contribution >= 0.6 is 31.9 Å². The average molecular weight is 370 g/mol. The lowest BCUT2D eigenvalue weighted by atomic mass is 10.2. The first-order chi connectivity index (χ1) is 8.56. The standard InChI is InChI=1S/C13H10Br2N2O/c1-8-5-12(16-7-11(8)15)17-13(18)9-3-2-4-10(14)6-9/h2-7H,1H3,(H,16,17,18). The first-order valence-corrected chi connectivity index (χ1v) is 6.84. The summed E-state index contributed by atoms with van der Waals surface area (Å²) in [5.74, 6) is 0.367. The third kappa shape index (κ3) is 3.17. The van der Waals surface area contributed by atoms with Gasteiger partial charge < -0.3 is 5.32 Å². The summed E-state index contributed by atoms with van der Waals surface area (Å²) in [5.41, 5.74) is 1.61. The topological polar surface area (TPSA) is 42.0 Å². The number of anilines is 1. The minimum atomic E-state index is -0.175. The zero-order valence-corrected chi connectivity index (χ0v) is 12.7. The van der Waals surface area contributed by atoms with Gasteiger partial charge in [0.2, 0.25) is 0 Å². The molecule has 0 bridgehead atoms. The number of benzene rings is 1. The van der Waals surface area contributed by atoms with Gasteiger partial charge in [-0.3, -0.25) is 4.79 Å². The minimum Gasteiger partial charge on any atom is -0.307 e. The third-order valence-electron chi connectivity index (χ3n) is 2.38. The smallest absolute Gasteiger partial charge is 0.256 e. The Kier molecular flexibility index (Phi) is 4.14. The number of nitrogens with zero attached hydrogens (tertiary/aromatic N) is 1. The number of rotatable bonds is 2. The van der Waals surface area contributed by atoms with E-state index in [0.717, 1.165) is 14.5 Å². The van der Waals surface area contributed by atoms with Crippen molar-refractivity contribution in [2.45, 2.75) is 6.92 Å². The van der Waals surface area contributed by atoms with E-state index in [9.17, 15) is 4.79 Å². The number of carbonyl (C=O) groups excluding carboxylic acids is 1. The maximum atomic E-state index is 12.0. The van der Waals surface area contributed by atoms with Gasteiger partial charge in [-0.15, -0.1) is 0 Å². The first-order valence-electron chi connectivity index (χ1n) is 5.25. The molecule has 0 atom stereocenters. The highest BCUT2D eigenvalue weighted by Gasteiger charge is 2.07. The van der Waals surface area contributed by atoms with Crippen molar-refractivity contribution in [2.75, 3.05) is 5.32 Å². The molecule has 0 aliphatic carbocycles. The van der Waals surface area contributed by atoms with Crippen LogP contribution in [0.3, 0.4) is 0 Å². The fourth-order valence-corrected chi connectivity index (χ4v) is 2.04. The lowest BCUT2D eigenvalue weighted by molar-refractivity contribution is 0.102. The van der Waals surface area contributed by atoms with Gasteiger partial charge in [-0.25, -0.2) is 4.98 Å². The second kappa shape index (κ2) is 5.63. The van der Waals surface area contributed by atoms with Crippen LogP contribution in [0.25, 0.3) is 0 Å². The molecule has 0 spiro atoms. The predicted octanol–water partition coefficient (Wildman–Crippen LogP) is 4.17. The molecule has 0 radical (unpaired) electrons. The molecule has 2 rings (SSSR count). The van der Waals surface area contributed by atoms with Gasteiger partial charge in [0.1, 0.15) is 5.82 Å². The summed E-state index contributed by atoms with van der Waals surface area (Å²) in [6.07, 6.45) is 1.67. The van der Waals surface area contributed by atoms with E-state index in [4.69, 9.17) is 0 Å². The van der Waals surface area contributed by atoms with Crippen molar-refractivity contribution in [3.63, 3.8) is 0 Å². The lowest BCUT2D eigenvalue weighted by Gasteiger charge is -2.06. The Hall–Kier alpha value is -1.20. The number of aryl methyl sites for hydroxylation is 1. The Morgan fingerprint density at radius 2 is 2.06 bits per heavy atom. The van der Waals surface area contributed by atoms with Crippen molar-refractivity contribution in [3.8, 4) is 0 Å². The molecule has 0 aliphatic rings. The summed E-state index contributed by atoms with van der Waals surface area (Å²) in [7, 11) is 0. The molecule has 1 aromatic heterocycles. The van der Waals surface area contributed by atoms with Crippen molar-refractivity contribution >= 4 is 43.6 Å². The van der Waals surface area contributed by atoms with Gasteiger partial charge in [-0.1, -0.05) is 22.0 Å². The Balaban J connectivity index is 2.18. The molecule has 5 heteroatoms. The fraction of sp³-hybridized carbons (Fsp3) is 0.0769. The van der Waals surface area contributed by atoms with Crippen molar-refractivity contribution in [3.05, 3.63) is 56.6 Å². The summed E-state index contributed by atoms with van der Waals surface area (Å²) in [4.78, 5) is 16.1. The number of hydrogen-bond donors (Lipinski definition) is 1.